The van der Waals surface area contributed by atoms with Gasteiger partial charge in [0.25, 0.3) is 0 Å². The lowest BCUT2D eigenvalue weighted by Crippen LogP contribution is -2.42. The van der Waals surface area contributed by atoms with Gasteiger partial charge in [0.2, 0.25) is 0 Å². The van der Waals surface area contributed by atoms with Crippen molar-refractivity contribution in [3.05, 3.63) is 64.3 Å². The van der Waals surface area contributed by atoms with Gasteiger partial charge >= 0.3 is 0 Å². The third-order valence-corrected chi connectivity index (χ3v) is 8.60. The maximum Gasteiger partial charge on any atom is 0.127 e. The molecule has 0 radical (unpaired) electrons. The number of methoxy groups -OCH3 is 1. The molecule has 1 atom stereocenters. The van der Waals surface area contributed by atoms with Crippen LogP contribution in [0.15, 0.2) is 53.6 Å². The Labute approximate surface area is 220 Å². The summed E-state index contributed by atoms with van der Waals surface area (Å²) in [4.78, 5) is 7.97. The number of hydrogen-bond acceptors (Lipinski definition) is 5. The SMILES string of the molecule is COc1ccc2ncc(Cl)c([C@@H](F)CCC3(CO)CCN(CCSc4ccc(Cl)cc4)CC3)c2c1. The zero-order chi connectivity index (χ0) is 24.8. The standard InChI is InChI=1S/C27H31Cl2FN2O2S/c1-34-20-4-7-25-22(16-20)26(23(29)17-31-25)24(30)8-9-27(18-33)10-12-32(13-11-27)14-15-35-21-5-2-19(28)3-6-21/h2-7,16-17,24,33H,8-15,18H2,1H3/t24-/m0/s1. The van der Waals surface area contributed by atoms with Crippen LogP contribution in [0.2, 0.25) is 10.0 Å². The molecule has 0 amide bonds. The zero-order valence-electron chi connectivity index (χ0n) is 19.9. The second-order valence-electron chi connectivity index (χ2n) is 9.21. The molecule has 1 aromatic heterocycles. The average Bonchev–Trinajstić information content (AvgIpc) is 2.89. The third-order valence-electron chi connectivity index (χ3n) is 7.05. The third kappa shape index (κ3) is 6.60. The molecule has 1 N–H and O–H groups in total. The number of aliphatic hydroxyl groups is 1. The van der Waals surface area contributed by atoms with E-state index in [0.29, 0.717) is 40.1 Å². The summed E-state index contributed by atoms with van der Waals surface area (Å²) in [5.74, 6) is 1.64. The largest absolute Gasteiger partial charge is 0.497 e. The van der Waals surface area contributed by atoms with Gasteiger partial charge in [-0.2, -0.15) is 0 Å². The van der Waals surface area contributed by atoms with E-state index in [2.05, 4.69) is 9.88 Å². The lowest BCUT2D eigenvalue weighted by Gasteiger charge is -2.41. The van der Waals surface area contributed by atoms with Crippen molar-refractivity contribution in [2.45, 2.75) is 36.8 Å². The van der Waals surface area contributed by atoms with Crippen molar-refractivity contribution in [1.29, 1.82) is 0 Å². The Balaban J connectivity index is 1.33. The zero-order valence-corrected chi connectivity index (χ0v) is 22.2. The molecule has 4 rings (SSSR count). The van der Waals surface area contributed by atoms with Crippen LogP contribution >= 0.6 is 35.0 Å². The maximum absolute atomic E-state index is 15.6. The number of pyridine rings is 1. The maximum atomic E-state index is 15.6. The Morgan fingerprint density at radius 3 is 2.60 bits per heavy atom. The molecule has 0 aliphatic carbocycles. The number of ether oxygens (including phenoxy) is 1. The molecule has 8 heteroatoms. The molecule has 1 fully saturated rings. The molecule has 3 aromatic rings. The predicted molar refractivity (Wildman–Crippen MR) is 144 cm³/mol. The highest BCUT2D eigenvalue weighted by atomic mass is 35.5. The van der Waals surface area contributed by atoms with Crippen LogP contribution in [0, 0.1) is 5.41 Å². The molecular formula is C27H31Cl2FN2O2S. The first-order valence-corrected chi connectivity index (χ1v) is 13.6. The van der Waals surface area contributed by atoms with Gasteiger partial charge in [-0.1, -0.05) is 23.2 Å². The van der Waals surface area contributed by atoms with Crippen molar-refractivity contribution >= 4 is 45.9 Å². The molecule has 0 unspecified atom stereocenters. The van der Waals surface area contributed by atoms with Gasteiger partial charge in [-0.25, -0.2) is 4.39 Å². The van der Waals surface area contributed by atoms with Crippen LogP contribution in [0.1, 0.15) is 37.4 Å². The Morgan fingerprint density at radius 1 is 1.17 bits per heavy atom. The fourth-order valence-electron chi connectivity index (χ4n) is 4.75. The first kappa shape index (κ1) is 26.5. The molecule has 0 bridgehead atoms. The van der Waals surface area contributed by atoms with Crippen molar-refractivity contribution in [2.75, 3.05) is 39.1 Å². The minimum Gasteiger partial charge on any atom is -0.497 e. The molecule has 1 aliphatic rings. The molecule has 35 heavy (non-hydrogen) atoms. The van der Waals surface area contributed by atoms with Gasteiger partial charge in [0.1, 0.15) is 11.9 Å². The number of alkyl halides is 1. The van der Waals surface area contributed by atoms with Gasteiger partial charge in [0.05, 0.1) is 17.6 Å². The summed E-state index contributed by atoms with van der Waals surface area (Å²) in [5, 5.41) is 12.0. The van der Waals surface area contributed by atoms with E-state index in [1.807, 2.05) is 48.2 Å². The number of nitrogens with zero attached hydrogens (tertiary/aromatic N) is 2. The van der Waals surface area contributed by atoms with Gasteiger partial charge in [-0.05, 0) is 86.7 Å². The van der Waals surface area contributed by atoms with Gasteiger partial charge < -0.3 is 14.7 Å². The van der Waals surface area contributed by atoms with Crippen LogP contribution in [0.4, 0.5) is 4.39 Å². The highest BCUT2D eigenvalue weighted by Gasteiger charge is 2.35. The summed E-state index contributed by atoms with van der Waals surface area (Å²) >= 11 is 14.2. The summed E-state index contributed by atoms with van der Waals surface area (Å²) in [7, 11) is 1.58. The van der Waals surface area contributed by atoms with Crippen molar-refractivity contribution in [3.63, 3.8) is 0 Å². The molecule has 1 aliphatic heterocycles. The second-order valence-corrected chi connectivity index (χ2v) is 11.2. The Bertz CT molecular complexity index is 1120. The molecule has 2 aromatic carbocycles. The van der Waals surface area contributed by atoms with Crippen molar-refractivity contribution < 1.29 is 14.2 Å². The van der Waals surface area contributed by atoms with E-state index in [1.165, 1.54) is 11.1 Å². The Morgan fingerprint density at radius 2 is 1.91 bits per heavy atom. The Hall–Kier alpha value is -1.57. The van der Waals surface area contributed by atoms with E-state index >= 15 is 4.39 Å². The summed E-state index contributed by atoms with van der Waals surface area (Å²) < 4.78 is 20.9. The first-order valence-electron chi connectivity index (χ1n) is 11.9. The summed E-state index contributed by atoms with van der Waals surface area (Å²) in [6.45, 7) is 2.89. The number of aromatic nitrogens is 1. The lowest BCUT2D eigenvalue weighted by molar-refractivity contribution is 0.0323. The molecule has 0 saturated carbocycles. The number of rotatable bonds is 10. The van der Waals surface area contributed by atoms with Crippen LogP contribution in [-0.2, 0) is 0 Å². The number of piperidine rings is 1. The van der Waals surface area contributed by atoms with Crippen LogP contribution < -0.4 is 4.74 Å². The molecule has 0 spiro atoms. The van der Waals surface area contributed by atoms with Crippen molar-refractivity contribution in [3.8, 4) is 5.75 Å². The van der Waals surface area contributed by atoms with Gasteiger partial charge in [0.15, 0.2) is 0 Å². The number of aliphatic hydroxyl groups excluding tert-OH is 1. The van der Waals surface area contributed by atoms with Crippen molar-refractivity contribution in [1.82, 2.24) is 9.88 Å². The summed E-state index contributed by atoms with van der Waals surface area (Å²) in [6.07, 6.45) is 2.92. The number of benzene rings is 2. The van der Waals surface area contributed by atoms with E-state index in [-0.39, 0.29) is 12.0 Å². The molecule has 1 saturated heterocycles. The monoisotopic (exact) mass is 536 g/mol. The smallest absolute Gasteiger partial charge is 0.127 e. The second kappa shape index (κ2) is 12.1. The minimum absolute atomic E-state index is 0.0751. The molecular weight excluding hydrogens is 506 g/mol. The predicted octanol–water partition coefficient (Wildman–Crippen LogP) is 7.21. The van der Waals surface area contributed by atoms with E-state index in [9.17, 15) is 5.11 Å². The van der Waals surface area contributed by atoms with Crippen LogP contribution in [-0.4, -0.2) is 54.1 Å². The van der Waals surface area contributed by atoms with E-state index < -0.39 is 6.17 Å². The first-order chi connectivity index (χ1) is 16.9. The van der Waals surface area contributed by atoms with E-state index in [4.69, 9.17) is 27.9 Å². The van der Waals surface area contributed by atoms with E-state index in [0.717, 1.165) is 43.3 Å². The number of halogens is 3. The molecule has 4 nitrogen and oxygen atoms in total. The van der Waals surface area contributed by atoms with E-state index in [1.54, 1.807) is 13.2 Å². The minimum atomic E-state index is -1.24. The Kier molecular flexibility index (Phi) is 9.17. The summed E-state index contributed by atoms with van der Waals surface area (Å²) in [5.41, 5.74) is 0.895. The van der Waals surface area contributed by atoms with Gasteiger partial charge in [0, 0.05) is 46.0 Å². The quantitative estimate of drug-likeness (QED) is 0.277. The van der Waals surface area contributed by atoms with Gasteiger partial charge in [-0.15, -0.1) is 11.8 Å². The topological polar surface area (TPSA) is 45.6 Å². The average molecular weight is 538 g/mol. The number of thioether (sulfide) groups is 1. The number of fused-ring (bicyclic) bond motifs is 1. The number of hydrogen-bond donors (Lipinski definition) is 1. The lowest BCUT2D eigenvalue weighted by atomic mass is 9.74. The highest BCUT2D eigenvalue weighted by Crippen LogP contribution is 2.42. The molecule has 188 valence electrons. The fourth-order valence-corrected chi connectivity index (χ4v) is 6.06. The van der Waals surface area contributed by atoms with Gasteiger partial charge in [-0.3, -0.25) is 4.98 Å². The summed E-state index contributed by atoms with van der Waals surface area (Å²) in [6, 6.07) is 13.3. The molecule has 2 heterocycles. The normalized spacial score (nSPS) is 16.9. The van der Waals surface area contributed by atoms with Crippen LogP contribution in [0.3, 0.4) is 0 Å². The van der Waals surface area contributed by atoms with Crippen molar-refractivity contribution in [2.24, 2.45) is 5.41 Å². The fraction of sp³-hybridized carbons (Fsp3) is 0.444. The van der Waals surface area contributed by atoms with Crippen LogP contribution in [0.5, 0.6) is 5.75 Å². The highest BCUT2D eigenvalue weighted by molar-refractivity contribution is 7.99. The van der Waals surface area contributed by atoms with Crippen LogP contribution in [0.25, 0.3) is 10.9 Å². The number of likely N-dealkylation sites (tertiary alicyclic amines) is 1.